The van der Waals surface area contributed by atoms with Crippen molar-refractivity contribution in [2.45, 2.75) is 37.6 Å². The summed E-state index contributed by atoms with van der Waals surface area (Å²) in [6.07, 6.45) is 4.39. The number of aliphatic imine (C=N–C) groups is 1. The van der Waals surface area contributed by atoms with Crippen molar-refractivity contribution >= 4 is 18.3 Å². The fraction of sp³-hybridized carbons (Fsp3) is 0.389. The molecule has 1 saturated carbocycles. The Balaban J connectivity index is 1.43. The third kappa shape index (κ3) is 2.86. The number of carbonyl (C=O) groups is 2. The van der Waals surface area contributed by atoms with E-state index in [0.29, 0.717) is 12.3 Å². The van der Waals surface area contributed by atoms with E-state index in [1.54, 1.807) is 18.2 Å². The number of hydrogen-bond acceptors (Lipinski definition) is 5. The fourth-order valence-electron chi connectivity index (χ4n) is 3.38. The van der Waals surface area contributed by atoms with Crippen molar-refractivity contribution in [2.75, 3.05) is 7.11 Å². The summed E-state index contributed by atoms with van der Waals surface area (Å²) in [5.41, 5.74) is 0.892. The second-order valence-corrected chi connectivity index (χ2v) is 6.29. The molecule has 3 aliphatic rings. The van der Waals surface area contributed by atoms with E-state index in [0.717, 1.165) is 12.0 Å². The zero-order valence-electron chi connectivity index (χ0n) is 13.9. The van der Waals surface area contributed by atoms with Gasteiger partial charge in [-0.2, -0.15) is 0 Å². The number of imide groups is 1. The Hall–Kier alpha value is -2.83. The zero-order chi connectivity index (χ0) is 17.4. The van der Waals surface area contributed by atoms with Crippen LogP contribution in [0, 0.1) is 0 Å². The molecule has 0 aromatic heterocycles. The molecule has 0 bridgehead atoms. The lowest BCUT2D eigenvalue weighted by Crippen LogP contribution is -2.45. The van der Waals surface area contributed by atoms with E-state index in [-0.39, 0.29) is 30.8 Å². The molecule has 2 fully saturated rings. The fourth-order valence-corrected chi connectivity index (χ4v) is 3.38. The van der Waals surface area contributed by atoms with Gasteiger partial charge >= 0.3 is 12.1 Å². The van der Waals surface area contributed by atoms with Crippen LogP contribution in [0.3, 0.4) is 0 Å². The predicted octanol–water partition coefficient (Wildman–Crippen LogP) is 2.53. The number of fused-ring (bicyclic) bond motifs is 1. The van der Waals surface area contributed by atoms with E-state index < -0.39 is 6.09 Å². The molecule has 1 aromatic carbocycles. The maximum absolute atomic E-state index is 12.7. The summed E-state index contributed by atoms with van der Waals surface area (Å²) in [6.45, 7) is 0.157. The first-order valence-corrected chi connectivity index (χ1v) is 8.29. The molecule has 7 heteroatoms. The third-order valence-corrected chi connectivity index (χ3v) is 4.71. The van der Waals surface area contributed by atoms with Gasteiger partial charge in [0.15, 0.2) is 0 Å². The van der Waals surface area contributed by atoms with Crippen molar-refractivity contribution in [3.05, 3.63) is 47.9 Å². The Kier molecular flexibility index (Phi) is 3.91. The van der Waals surface area contributed by atoms with Crippen molar-refractivity contribution in [3.63, 3.8) is 0 Å². The van der Waals surface area contributed by atoms with Gasteiger partial charge in [-0.1, -0.05) is 30.3 Å². The van der Waals surface area contributed by atoms with E-state index >= 15 is 0 Å². The molecule has 3 atom stereocenters. The van der Waals surface area contributed by atoms with Gasteiger partial charge in [0.25, 0.3) is 0 Å². The van der Waals surface area contributed by atoms with Gasteiger partial charge in [-0.15, -0.1) is 0 Å². The van der Waals surface area contributed by atoms with Crippen LogP contribution in [0.25, 0.3) is 0 Å². The number of urea groups is 1. The molecule has 0 spiro atoms. The van der Waals surface area contributed by atoms with E-state index in [2.05, 4.69) is 4.99 Å². The van der Waals surface area contributed by atoms with Crippen LogP contribution in [0.4, 0.5) is 9.59 Å². The van der Waals surface area contributed by atoms with Gasteiger partial charge in [-0.05, 0) is 12.0 Å². The molecule has 130 valence electrons. The number of amides is 3. The lowest BCUT2D eigenvalue weighted by molar-refractivity contribution is 0.101. The van der Waals surface area contributed by atoms with Gasteiger partial charge in [-0.3, -0.25) is 0 Å². The lowest BCUT2D eigenvalue weighted by Gasteiger charge is -2.28. The summed E-state index contributed by atoms with van der Waals surface area (Å²) in [5, 5.41) is 0. The topological polar surface area (TPSA) is 71.4 Å². The number of methoxy groups -OCH3 is 1. The molecule has 25 heavy (non-hydrogen) atoms. The van der Waals surface area contributed by atoms with Crippen LogP contribution < -0.4 is 0 Å². The maximum Gasteiger partial charge on any atom is 0.418 e. The highest BCUT2D eigenvalue weighted by atomic mass is 16.6. The van der Waals surface area contributed by atoms with E-state index in [1.807, 2.05) is 36.4 Å². The van der Waals surface area contributed by atoms with Crippen LogP contribution in [-0.2, 0) is 16.1 Å². The second-order valence-electron chi connectivity index (χ2n) is 6.29. The van der Waals surface area contributed by atoms with Crippen LogP contribution in [0.5, 0.6) is 0 Å². The Morgan fingerprint density at radius 2 is 2.08 bits per heavy atom. The van der Waals surface area contributed by atoms with Gasteiger partial charge in [0.2, 0.25) is 5.88 Å². The Morgan fingerprint density at radius 3 is 2.84 bits per heavy atom. The molecule has 1 aliphatic carbocycles. The summed E-state index contributed by atoms with van der Waals surface area (Å²) in [7, 11) is 1.55. The largest absolute Gasteiger partial charge is 0.481 e. The van der Waals surface area contributed by atoms with Crippen molar-refractivity contribution in [3.8, 4) is 0 Å². The average Bonchev–Trinajstić information content (AvgIpc) is 3.35. The molecule has 2 heterocycles. The molecular weight excluding hydrogens is 322 g/mol. The van der Waals surface area contributed by atoms with E-state index in [1.165, 1.54) is 4.90 Å². The number of hydrogen-bond donors (Lipinski definition) is 0. The van der Waals surface area contributed by atoms with Crippen molar-refractivity contribution < 1.29 is 19.1 Å². The number of rotatable bonds is 4. The minimum absolute atomic E-state index is 0.0580. The van der Waals surface area contributed by atoms with E-state index in [4.69, 9.17) is 9.47 Å². The maximum atomic E-state index is 12.7. The van der Waals surface area contributed by atoms with Crippen molar-refractivity contribution in [1.82, 2.24) is 9.80 Å². The summed E-state index contributed by atoms with van der Waals surface area (Å²) in [5.74, 6) is 0.492. The molecule has 0 radical (unpaired) electrons. The molecule has 0 N–H and O–H groups in total. The zero-order valence-corrected chi connectivity index (χ0v) is 13.9. The molecular formula is C18H19N3O4. The molecule has 3 amide bonds. The van der Waals surface area contributed by atoms with Crippen molar-refractivity contribution in [1.29, 1.82) is 0 Å². The summed E-state index contributed by atoms with van der Waals surface area (Å²) in [4.78, 5) is 32.3. The first-order valence-electron chi connectivity index (χ1n) is 8.29. The number of ether oxygens (including phenoxy) is 2. The molecule has 1 aromatic rings. The number of carbonyl (C=O) groups excluding carboxylic acids is 2. The predicted molar refractivity (Wildman–Crippen MR) is 89.9 cm³/mol. The van der Waals surface area contributed by atoms with Crippen molar-refractivity contribution in [2.24, 2.45) is 4.99 Å². The Bertz CT molecular complexity index is 746. The van der Waals surface area contributed by atoms with Gasteiger partial charge in [0.1, 0.15) is 6.61 Å². The van der Waals surface area contributed by atoms with E-state index in [9.17, 15) is 9.59 Å². The molecule has 3 unspecified atom stereocenters. The van der Waals surface area contributed by atoms with Crippen LogP contribution in [0.1, 0.15) is 18.4 Å². The average molecular weight is 341 g/mol. The SMILES string of the molecule is COC1=CC(N2C(=O)N(C(=O)OCc3ccccc3)C3CC32)CC=N1. The smallest absolute Gasteiger partial charge is 0.418 e. The lowest BCUT2D eigenvalue weighted by atomic mass is 10.1. The highest BCUT2D eigenvalue weighted by Crippen LogP contribution is 2.43. The molecule has 1 saturated heterocycles. The standard InChI is InChI=1S/C18H19N3O4/c1-24-16-9-13(7-8-19-16)20-14-10-15(14)21(17(20)22)18(23)25-11-12-5-3-2-4-6-12/h2-6,8-9,13-15H,7,10-11H2,1H3. The summed E-state index contributed by atoms with van der Waals surface area (Å²) in [6, 6.07) is 8.95. The first kappa shape index (κ1) is 15.7. The Morgan fingerprint density at radius 1 is 1.28 bits per heavy atom. The van der Waals surface area contributed by atoms with Crippen LogP contribution in [0.15, 0.2) is 47.3 Å². The minimum Gasteiger partial charge on any atom is -0.481 e. The number of benzene rings is 1. The highest BCUT2D eigenvalue weighted by molar-refractivity contribution is 5.95. The molecule has 4 rings (SSSR count). The van der Waals surface area contributed by atoms with Crippen LogP contribution >= 0.6 is 0 Å². The number of nitrogens with zero attached hydrogens (tertiary/aromatic N) is 3. The molecule has 2 aliphatic heterocycles. The molecule has 7 nitrogen and oxygen atoms in total. The summed E-state index contributed by atoms with van der Waals surface area (Å²) < 4.78 is 10.5. The minimum atomic E-state index is -0.579. The summed E-state index contributed by atoms with van der Waals surface area (Å²) >= 11 is 0. The van der Waals surface area contributed by atoms with Gasteiger partial charge < -0.3 is 14.4 Å². The highest BCUT2D eigenvalue weighted by Gasteiger charge is 2.61. The van der Waals surface area contributed by atoms with Crippen LogP contribution in [-0.4, -0.2) is 53.4 Å². The normalized spacial score (nSPS) is 27.0. The first-order chi connectivity index (χ1) is 12.2. The quantitative estimate of drug-likeness (QED) is 0.844. The van der Waals surface area contributed by atoms with Gasteiger partial charge in [0, 0.05) is 18.7 Å². The monoisotopic (exact) mass is 341 g/mol. The van der Waals surface area contributed by atoms with Crippen LogP contribution in [0.2, 0.25) is 0 Å². The van der Waals surface area contributed by atoms with Gasteiger partial charge in [0.05, 0.1) is 25.2 Å². The van der Waals surface area contributed by atoms with Gasteiger partial charge in [-0.25, -0.2) is 19.5 Å². The Labute approximate surface area is 145 Å². The second kappa shape index (κ2) is 6.23. The third-order valence-electron chi connectivity index (χ3n) is 4.71.